The molecule has 0 bridgehead atoms. The maximum Gasteiger partial charge on any atom is 0.324 e. The van der Waals surface area contributed by atoms with Gasteiger partial charge in [-0.3, -0.25) is 9.69 Å². The summed E-state index contributed by atoms with van der Waals surface area (Å²) in [5.41, 5.74) is 9.89. The summed E-state index contributed by atoms with van der Waals surface area (Å²) in [7, 11) is 0. The number of amides is 2. The van der Waals surface area contributed by atoms with Crippen LogP contribution in [0.1, 0.15) is 35.2 Å². The SMILES string of the molecule is NCC(=O)c1ccc(CN(C(=O)N2CCCCC2)c2ccc(-c3ccc4c(c3)OCO4)cc2)cc1. The minimum atomic E-state index is -0.100. The first-order valence-corrected chi connectivity index (χ1v) is 12.0. The van der Waals surface area contributed by atoms with Crippen molar-refractivity contribution in [2.75, 3.05) is 31.3 Å². The fraction of sp³-hybridized carbons (Fsp3) is 0.286. The number of nitrogens with zero attached hydrogens (tertiary/aromatic N) is 2. The van der Waals surface area contributed by atoms with Crippen LogP contribution in [-0.2, 0) is 6.54 Å². The number of carbonyl (C=O) groups excluding carboxylic acids is 2. The molecule has 3 aromatic rings. The molecule has 0 atom stereocenters. The summed E-state index contributed by atoms with van der Waals surface area (Å²) in [5, 5.41) is 0. The maximum absolute atomic E-state index is 13.6. The van der Waals surface area contributed by atoms with Crippen LogP contribution in [0.3, 0.4) is 0 Å². The van der Waals surface area contributed by atoms with Crippen molar-refractivity contribution in [3.63, 3.8) is 0 Å². The van der Waals surface area contributed by atoms with E-state index in [1.54, 1.807) is 12.1 Å². The number of Topliss-reactive ketones (excluding diaryl/α,β-unsaturated/α-hetero) is 1. The number of piperidine rings is 1. The van der Waals surface area contributed by atoms with E-state index in [0.717, 1.165) is 66.2 Å². The molecular weight excluding hydrogens is 442 g/mol. The number of ether oxygens (including phenoxy) is 2. The summed E-state index contributed by atoms with van der Waals surface area (Å²) in [6.45, 7) is 2.18. The average Bonchev–Trinajstić information content (AvgIpc) is 3.40. The number of nitrogens with two attached hydrogens (primary N) is 1. The number of likely N-dealkylation sites (tertiary alicyclic amines) is 1. The highest BCUT2D eigenvalue weighted by atomic mass is 16.7. The van der Waals surface area contributed by atoms with Crippen molar-refractivity contribution in [2.24, 2.45) is 5.73 Å². The standard InChI is InChI=1S/C28H29N3O4/c29-17-25(32)22-6-4-20(5-7-22)18-31(28(33)30-14-2-1-3-15-30)24-11-8-21(9-12-24)23-10-13-26-27(16-23)35-19-34-26/h4-13,16H,1-3,14-15,17-19,29H2. The second-order valence-corrected chi connectivity index (χ2v) is 8.86. The lowest BCUT2D eigenvalue weighted by atomic mass is 10.0. The van der Waals surface area contributed by atoms with Crippen molar-refractivity contribution in [3.05, 3.63) is 77.9 Å². The first-order valence-electron chi connectivity index (χ1n) is 12.0. The van der Waals surface area contributed by atoms with Gasteiger partial charge in [0.2, 0.25) is 6.79 Å². The van der Waals surface area contributed by atoms with Crippen LogP contribution in [0.2, 0.25) is 0 Å². The molecule has 0 spiro atoms. The van der Waals surface area contributed by atoms with Crippen LogP contribution in [-0.4, -0.2) is 43.1 Å². The van der Waals surface area contributed by atoms with E-state index in [0.29, 0.717) is 12.1 Å². The van der Waals surface area contributed by atoms with Crippen LogP contribution in [0.15, 0.2) is 66.7 Å². The van der Waals surface area contributed by atoms with Gasteiger partial charge in [-0.15, -0.1) is 0 Å². The Labute approximate surface area is 205 Å². The number of benzene rings is 3. The van der Waals surface area contributed by atoms with Gasteiger partial charge in [0.15, 0.2) is 17.3 Å². The molecule has 0 radical (unpaired) electrons. The third kappa shape index (κ3) is 5.00. The summed E-state index contributed by atoms with van der Waals surface area (Å²) in [6, 6.07) is 21.2. The van der Waals surface area contributed by atoms with Crippen molar-refractivity contribution in [3.8, 4) is 22.6 Å². The van der Waals surface area contributed by atoms with Crippen LogP contribution >= 0.6 is 0 Å². The summed E-state index contributed by atoms with van der Waals surface area (Å²) in [4.78, 5) is 29.2. The van der Waals surface area contributed by atoms with Crippen molar-refractivity contribution in [1.82, 2.24) is 4.90 Å². The third-order valence-electron chi connectivity index (χ3n) is 6.54. The normalized spacial score (nSPS) is 14.6. The van der Waals surface area contributed by atoms with Crippen LogP contribution in [0.5, 0.6) is 11.5 Å². The van der Waals surface area contributed by atoms with Gasteiger partial charge in [-0.25, -0.2) is 4.79 Å². The van der Waals surface area contributed by atoms with Crippen molar-refractivity contribution in [1.29, 1.82) is 0 Å². The molecule has 0 aromatic heterocycles. The second kappa shape index (κ2) is 10.2. The number of anilines is 1. The van der Waals surface area contributed by atoms with E-state index in [9.17, 15) is 9.59 Å². The fourth-order valence-electron chi connectivity index (χ4n) is 4.53. The van der Waals surface area contributed by atoms with Gasteiger partial charge in [-0.05, 0) is 60.2 Å². The number of hydrogen-bond donors (Lipinski definition) is 1. The highest BCUT2D eigenvalue weighted by molar-refractivity contribution is 5.97. The van der Waals surface area contributed by atoms with Crippen LogP contribution in [0.4, 0.5) is 10.5 Å². The van der Waals surface area contributed by atoms with Crippen LogP contribution in [0, 0.1) is 0 Å². The molecule has 7 heteroatoms. The van der Waals surface area contributed by atoms with Gasteiger partial charge in [0.05, 0.1) is 13.1 Å². The van der Waals surface area contributed by atoms with E-state index in [1.165, 1.54) is 0 Å². The minimum absolute atomic E-state index is 0.00245. The molecule has 0 unspecified atom stereocenters. The maximum atomic E-state index is 13.6. The van der Waals surface area contributed by atoms with Crippen LogP contribution in [0.25, 0.3) is 11.1 Å². The zero-order valence-corrected chi connectivity index (χ0v) is 19.6. The molecule has 2 aliphatic heterocycles. The zero-order chi connectivity index (χ0) is 24.2. The molecule has 2 amide bonds. The highest BCUT2D eigenvalue weighted by Crippen LogP contribution is 2.36. The third-order valence-corrected chi connectivity index (χ3v) is 6.54. The number of fused-ring (bicyclic) bond motifs is 1. The Morgan fingerprint density at radius 2 is 1.51 bits per heavy atom. The summed E-state index contributed by atoms with van der Waals surface area (Å²) >= 11 is 0. The van der Waals surface area contributed by atoms with Crippen molar-refractivity contribution in [2.45, 2.75) is 25.8 Å². The Kier molecular flexibility index (Phi) is 6.68. The fourth-order valence-corrected chi connectivity index (χ4v) is 4.53. The lowest BCUT2D eigenvalue weighted by Crippen LogP contribution is -2.45. The Morgan fingerprint density at radius 3 is 2.23 bits per heavy atom. The molecule has 3 aromatic carbocycles. The molecule has 35 heavy (non-hydrogen) atoms. The monoisotopic (exact) mass is 471 g/mol. The van der Waals surface area contributed by atoms with Gasteiger partial charge >= 0.3 is 6.03 Å². The molecule has 2 heterocycles. The highest BCUT2D eigenvalue weighted by Gasteiger charge is 2.24. The van der Waals surface area contributed by atoms with Gasteiger partial charge in [0.1, 0.15) is 0 Å². The number of rotatable bonds is 6. The average molecular weight is 472 g/mol. The number of urea groups is 1. The number of ketones is 1. The molecular formula is C28H29N3O4. The van der Waals surface area contributed by atoms with E-state index < -0.39 is 0 Å². The molecule has 180 valence electrons. The van der Waals surface area contributed by atoms with E-state index in [4.69, 9.17) is 15.2 Å². The molecule has 2 aliphatic rings. The van der Waals surface area contributed by atoms with Crippen LogP contribution < -0.4 is 20.1 Å². The molecule has 0 aliphatic carbocycles. The van der Waals surface area contributed by atoms with Gasteiger partial charge in [0.25, 0.3) is 0 Å². The van der Waals surface area contributed by atoms with E-state index in [1.807, 2.05) is 64.4 Å². The van der Waals surface area contributed by atoms with Gasteiger partial charge in [0, 0.05) is 24.3 Å². The molecule has 1 fully saturated rings. The second-order valence-electron chi connectivity index (χ2n) is 8.86. The first kappa shape index (κ1) is 22.9. The smallest absolute Gasteiger partial charge is 0.324 e. The quantitative estimate of drug-likeness (QED) is 0.520. The lowest BCUT2D eigenvalue weighted by Gasteiger charge is -2.33. The molecule has 7 nitrogen and oxygen atoms in total. The predicted molar refractivity (Wildman–Crippen MR) is 135 cm³/mol. The predicted octanol–water partition coefficient (Wildman–Crippen LogP) is 4.84. The number of carbonyl (C=O) groups is 2. The van der Waals surface area contributed by atoms with E-state index >= 15 is 0 Å². The van der Waals surface area contributed by atoms with Gasteiger partial charge < -0.3 is 20.1 Å². The minimum Gasteiger partial charge on any atom is -0.454 e. The first-order chi connectivity index (χ1) is 17.1. The zero-order valence-electron chi connectivity index (χ0n) is 19.6. The summed E-state index contributed by atoms with van der Waals surface area (Å²) in [5.74, 6) is 1.39. The molecule has 5 rings (SSSR count). The Hall–Kier alpha value is -3.84. The number of hydrogen-bond acceptors (Lipinski definition) is 5. The molecule has 2 N–H and O–H groups in total. The molecule has 0 saturated carbocycles. The summed E-state index contributed by atoms with van der Waals surface area (Å²) < 4.78 is 10.9. The van der Waals surface area contributed by atoms with Gasteiger partial charge in [-0.1, -0.05) is 42.5 Å². The Balaban J connectivity index is 1.40. The largest absolute Gasteiger partial charge is 0.454 e. The van der Waals surface area contributed by atoms with E-state index in [-0.39, 0.29) is 25.2 Å². The van der Waals surface area contributed by atoms with Crippen molar-refractivity contribution < 1.29 is 19.1 Å². The Bertz CT molecular complexity index is 1200. The van der Waals surface area contributed by atoms with E-state index in [2.05, 4.69) is 0 Å². The van der Waals surface area contributed by atoms with Gasteiger partial charge in [-0.2, -0.15) is 0 Å². The topological polar surface area (TPSA) is 85.1 Å². The molecule has 1 saturated heterocycles. The van der Waals surface area contributed by atoms with Crippen molar-refractivity contribution >= 4 is 17.5 Å². The Morgan fingerprint density at radius 1 is 0.829 bits per heavy atom. The lowest BCUT2D eigenvalue weighted by molar-refractivity contribution is 0.100. The summed E-state index contributed by atoms with van der Waals surface area (Å²) in [6.07, 6.45) is 3.21.